The van der Waals surface area contributed by atoms with Crippen LogP contribution in [0.25, 0.3) is 11.3 Å². The largest absolute Gasteiger partial charge is 0.490 e. The summed E-state index contributed by atoms with van der Waals surface area (Å²) >= 11 is 7.88. The van der Waals surface area contributed by atoms with Crippen LogP contribution in [-0.2, 0) is 0 Å². The van der Waals surface area contributed by atoms with Gasteiger partial charge in [-0.15, -0.1) is 11.3 Å². The minimum Gasteiger partial charge on any atom is -0.490 e. The topological polar surface area (TPSA) is 55.7 Å². The van der Waals surface area contributed by atoms with Crippen LogP contribution in [0, 0.1) is 20.8 Å². The van der Waals surface area contributed by atoms with Crippen molar-refractivity contribution in [3.05, 3.63) is 56.9 Å². The number of hydrogen-bond donors (Lipinski definition) is 1. The molecule has 0 aliphatic rings. The fourth-order valence-electron chi connectivity index (χ4n) is 3.40. The molecular formula is C23H26ClN3O2S. The van der Waals surface area contributed by atoms with E-state index < -0.39 is 0 Å². The predicted molar refractivity (Wildman–Crippen MR) is 127 cm³/mol. The molecule has 1 aromatic heterocycles. The van der Waals surface area contributed by atoms with Gasteiger partial charge in [0.15, 0.2) is 11.5 Å². The quantitative estimate of drug-likeness (QED) is 0.313. The van der Waals surface area contributed by atoms with Crippen molar-refractivity contribution in [2.24, 2.45) is 5.10 Å². The third-order valence-electron chi connectivity index (χ3n) is 4.43. The lowest BCUT2D eigenvalue weighted by molar-refractivity contribution is 0.288. The van der Waals surface area contributed by atoms with Gasteiger partial charge in [-0.2, -0.15) is 5.10 Å². The van der Waals surface area contributed by atoms with Crippen LogP contribution < -0.4 is 14.9 Å². The Balaban J connectivity index is 1.77. The first-order valence-electron chi connectivity index (χ1n) is 9.84. The first-order chi connectivity index (χ1) is 14.4. The molecule has 0 saturated carbocycles. The number of nitrogens with one attached hydrogen (secondary N) is 1. The molecule has 3 aromatic rings. The predicted octanol–water partition coefficient (Wildman–Crippen LogP) is 6.63. The van der Waals surface area contributed by atoms with Crippen molar-refractivity contribution >= 4 is 34.3 Å². The summed E-state index contributed by atoms with van der Waals surface area (Å²) in [6.45, 7) is 11.2. The fourth-order valence-corrected chi connectivity index (χ4v) is 4.32. The summed E-state index contributed by atoms with van der Waals surface area (Å²) in [6.07, 6.45) is 1.69. The van der Waals surface area contributed by atoms with Crippen molar-refractivity contribution in [2.75, 3.05) is 18.6 Å². The number of ether oxygens (including phenoxy) is 2. The van der Waals surface area contributed by atoms with E-state index in [9.17, 15) is 0 Å². The molecule has 0 spiro atoms. The highest BCUT2D eigenvalue weighted by atomic mass is 35.5. The zero-order valence-electron chi connectivity index (χ0n) is 17.9. The normalized spacial score (nSPS) is 11.1. The first-order valence-corrected chi connectivity index (χ1v) is 11.1. The van der Waals surface area contributed by atoms with Gasteiger partial charge in [0.05, 0.1) is 30.1 Å². The number of aryl methyl sites for hydroxylation is 3. The van der Waals surface area contributed by atoms with E-state index in [0.717, 1.165) is 16.4 Å². The lowest BCUT2D eigenvalue weighted by Crippen LogP contribution is -2.00. The van der Waals surface area contributed by atoms with Crippen molar-refractivity contribution in [1.29, 1.82) is 0 Å². The van der Waals surface area contributed by atoms with Gasteiger partial charge in [-0.1, -0.05) is 29.3 Å². The third kappa shape index (κ3) is 5.12. The van der Waals surface area contributed by atoms with Crippen LogP contribution >= 0.6 is 22.9 Å². The molecular weight excluding hydrogens is 418 g/mol. The van der Waals surface area contributed by atoms with Gasteiger partial charge < -0.3 is 9.47 Å². The highest BCUT2D eigenvalue weighted by Gasteiger charge is 2.12. The first kappa shape index (κ1) is 22.1. The summed E-state index contributed by atoms with van der Waals surface area (Å²) in [5.74, 6) is 1.16. The Hall–Kier alpha value is -2.57. The van der Waals surface area contributed by atoms with Crippen molar-refractivity contribution in [2.45, 2.75) is 34.6 Å². The number of anilines is 1. The van der Waals surface area contributed by atoms with Gasteiger partial charge in [0.2, 0.25) is 5.13 Å². The summed E-state index contributed by atoms with van der Waals surface area (Å²) in [5.41, 5.74) is 9.64. The summed E-state index contributed by atoms with van der Waals surface area (Å²) in [6, 6.07) is 8.02. The van der Waals surface area contributed by atoms with E-state index in [2.05, 4.69) is 48.4 Å². The van der Waals surface area contributed by atoms with Gasteiger partial charge in [-0.25, -0.2) is 4.98 Å². The summed E-state index contributed by atoms with van der Waals surface area (Å²) in [4.78, 5) is 4.69. The minimum absolute atomic E-state index is 0.492. The Kier molecular flexibility index (Phi) is 7.34. The number of aromatic nitrogens is 1. The molecule has 0 radical (unpaired) electrons. The zero-order valence-corrected chi connectivity index (χ0v) is 19.4. The molecule has 158 valence electrons. The second-order valence-corrected chi connectivity index (χ2v) is 8.14. The van der Waals surface area contributed by atoms with Crippen molar-refractivity contribution in [3.63, 3.8) is 0 Å². The molecule has 1 N–H and O–H groups in total. The summed E-state index contributed by atoms with van der Waals surface area (Å²) < 4.78 is 11.3. The van der Waals surface area contributed by atoms with Gasteiger partial charge in [-0.05, 0) is 63.4 Å². The molecule has 5 nitrogen and oxygen atoms in total. The van der Waals surface area contributed by atoms with Crippen LogP contribution in [-0.4, -0.2) is 24.4 Å². The van der Waals surface area contributed by atoms with Crippen LogP contribution in [0.3, 0.4) is 0 Å². The number of benzene rings is 2. The third-order valence-corrected chi connectivity index (χ3v) is 5.46. The van der Waals surface area contributed by atoms with Gasteiger partial charge >= 0.3 is 0 Å². The minimum atomic E-state index is 0.492. The van der Waals surface area contributed by atoms with Crippen LogP contribution in [0.2, 0.25) is 5.02 Å². The van der Waals surface area contributed by atoms with E-state index in [4.69, 9.17) is 21.1 Å². The average Bonchev–Trinajstić information content (AvgIpc) is 3.12. The molecule has 0 aliphatic carbocycles. The number of hydrazone groups is 1. The molecule has 0 aliphatic heterocycles. The second kappa shape index (κ2) is 9.96. The van der Waals surface area contributed by atoms with E-state index in [-0.39, 0.29) is 0 Å². The lowest BCUT2D eigenvalue weighted by Gasteiger charge is -2.13. The van der Waals surface area contributed by atoms with Crippen LogP contribution in [0.4, 0.5) is 5.13 Å². The smallest absolute Gasteiger partial charge is 0.203 e. The molecule has 2 aromatic carbocycles. The molecule has 0 saturated heterocycles. The van der Waals surface area contributed by atoms with E-state index >= 15 is 0 Å². The molecule has 0 bridgehead atoms. The molecule has 1 heterocycles. The van der Waals surface area contributed by atoms with E-state index in [1.165, 1.54) is 33.6 Å². The highest BCUT2D eigenvalue weighted by molar-refractivity contribution is 7.14. The van der Waals surface area contributed by atoms with Gasteiger partial charge in [0.1, 0.15) is 0 Å². The van der Waals surface area contributed by atoms with Crippen LogP contribution in [0.5, 0.6) is 11.5 Å². The number of hydrogen-bond acceptors (Lipinski definition) is 6. The number of halogens is 1. The van der Waals surface area contributed by atoms with Gasteiger partial charge in [0.25, 0.3) is 0 Å². The zero-order chi connectivity index (χ0) is 21.7. The fraction of sp³-hybridized carbons (Fsp3) is 0.304. The molecule has 0 atom stereocenters. The van der Waals surface area contributed by atoms with Gasteiger partial charge in [0, 0.05) is 10.9 Å². The maximum atomic E-state index is 6.36. The van der Waals surface area contributed by atoms with Crippen molar-refractivity contribution in [1.82, 2.24) is 4.98 Å². The second-order valence-electron chi connectivity index (χ2n) is 6.88. The SMILES string of the molecule is CCOc1cc(/C=N\Nc2nc(-c3c(C)cc(C)cc3C)cs2)cc(Cl)c1OCC. The van der Waals surface area contributed by atoms with Crippen molar-refractivity contribution < 1.29 is 9.47 Å². The molecule has 30 heavy (non-hydrogen) atoms. The van der Waals surface area contributed by atoms with Crippen molar-refractivity contribution in [3.8, 4) is 22.8 Å². The molecule has 3 rings (SSSR count). The molecule has 7 heteroatoms. The van der Waals surface area contributed by atoms with E-state index in [0.29, 0.717) is 29.7 Å². The monoisotopic (exact) mass is 443 g/mol. The average molecular weight is 444 g/mol. The molecule has 0 fully saturated rings. The Labute approximate surface area is 186 Å². The molecule has 0 amide bonds. The van der Waals surface area contributed by atoms with E-state index in [1.807, 2.05) is 25.3 Å². The molecule has 0 unspecified atom stereocenters. The van der Waals surface area contributed by atoms with Crippen LogP contribution in [0.1, 0.15) is 36.1 Å². The van der Waals surface area contributed by atoms with Gasteiger partial charge in [-0.3, -0.25) is 5.43 Å². The lowest BCUT2D eigenvalue weighted by atomic mass is 9.98. The highest BCUT2D eigenvalue weighted by Crippen LogP contribution is 2.36. The summed E-state index contributed by atoms with van der Waals surface area (Å²) in [5, 5.41) is 7.58. The maximum Gasteiger partial charge on any atom is 0.203 e. The number of thiazole rings is 1. The Morgan fingerprint density at radius 1 is 1.07 bits per heavy atom. The Morgan fingerprint density at radius 2 is 1.77 bits per heavy atom. The van der Waals surface area contributed by atoms with E-state index in [1.54, 1.807) is 12.3 Å². The maximum absolute atomic E-state index is 6.36. The number of nitrogens with zero attached hydrogens (tertiary/aromatic N) is 2. The summed E-state index contributed by atoms with van der Waals surface area (Å²) in [7, 11) is 0. The number of rotatable bonds is 8. The standard InChI is InChI=1S/C23H26ClN3O2S/c1-6-28-20-11-17(10-18(24)22(20)29-7-2)12-25-27-23-26-19(13-30-23)21-15(4)8-14(3)9-16(21)5/h8-13H,6-7H2,1-5H3,(H,26,27)/b25-12-. The van der Waals surface area contributed by atoms with Crippen LogP contribution in [0.15, 0.2) is 34.7 Å². The Bertz CT molecular complexity index is 1040. The Morgan fingerprint density at radius 3 is 2.43 bits per heavy atom.